The van der Waals surface area contributed by atoms with Crippen LogP contribution in [0.15, 0.2) is 0 Å². The summed E-state index contributed by atoms with van der Waals surface area (Å²) in [7, 11) is 1.59. The summed E-state index contributed by atoms with van der Waals surface area (Å²) < 4.78 is 0. The Hall–Kier alpha value is -0.770. The van der Waals surface area contributed by atoms with Crippen molar-refractivity contribution in [3.63, 3.8) is 0 Å². The van der Waals surface area contributed by atoms with Gasteiger partial charge in [0.15, 0.2) is 0 Å². The summed E-state index contributed by atoms with van der Waals surface area (Å²) in [6.07, 6.45) is 1.97. The zero-order valence-electron chi connectivity index (χ0n) is 7.18. The van der Waals surface area contributed by atoms with Gasteiger partial charge in [-0.1, -0.05) is 13.3 Å². The highest BCUT2D eigenvalue weighted by atomic mass is 16.2. The maximum Gasteiger partial charge on any atom is 0.314 e. The number of urea groups is 1. The molecule has 66 valence electrons. The van der Waals surface area contributed by atoms with Gasteiger partial charge >= 0.3 is 6.03 Å². The van der Waals surface area contributed by atoms with E-state index in [2.05, 4.69) is 17.6 Å². The van der Waals surface area contributed by atoms with Gasteiger partial charge in [0.2, 0.25) is 0 Å². The van der Waals surface area contributed by atoms with Gasteiger partial charge in [-0.25, -0.2) is 4.79 Å². The van der Waals surface area contributed by atoms with Crippen LogP contribution in [0, 0.1) is 0 Å². The Labute approximate surface area is 67.5 Å². The van der Waals surface area contributed by atoms with E-state index < -0.39 is 0 Å². The highest BCUT2D eigenvalue weighted by Crippen LogP contribution is 1.93. The highest BCUT2D eigenvalue weighted by Gasteiger charge is 2.06. The molecule has 4 nitrogen and oxygen atoms in total. The van der Waals surface area contributed by atoms with Gasteiger partial charge in [-0.15, -0.1) is 0 Å². The standard InChI is InChI=1S/C7H17N3O/c1-3-4-6(5-8)10-7(11)9-2/h6H,3-5,8H2,1-2H3,(H2,9,10,11). The molecule has 4 heteroatoms. The van der Waals surface area contributed by atoms with Crippen molar-refractivity contribution in [3.05, 3.63) is 0 Å². The van der Waals surface area contributed by atoms with E-state index in [0.717, 1.165) is 12.8 Å². The maximum atomic E-state index is 10.8. The Morgan fingerprint density at radius 3 is 2.64 bits per heavy atom. The van der Waals surface area contributed by atoms with Crippen molar-refractivity contribution in [2.24, 2.45) is 5.73 Å². The molecule has 0 heterocycles. The van der Waals surface area contributed by atoms with Crippen LogP contribution in [-0.4, -0.2) is 25.7 Å². The number of nitrogens with two attached hydrogens (primary N) is 1. The lowest BCUT2D eigenvalue weighted by Crippen LogP contribution is -2.44. The average molecular weight is 159 g/mol. The summed E-state index contributed by atoms with van der Waals surface area (Å²) >= 11 is 0. The van der Waals surface area contributed by atoms with E-state index in [9.17, 15) is 4.79 Å². The fraction of sp³-hybridized carbons (Fsp3) is 0.857. The van der Waals surface area contributed by atoms with Crippen LogP contribution in [-0.2, 0) is 0 Å². The summed E-state index contributed by atoms with van der Waals surface area (Å²) in [6, 6.07) is -0.0474. The molecule has 0 rings (SSSR count). The molecule has 0 radical (unpaired) electrons. The predicted octanol–water partition coefficient (Wildman–Crippen LogP) is 0.0428. The van der Waals surface area contributed by atoms with Gasteiger partial charge in [0.25, 0.3) is 0 Å². The summed E-state index contributed by atoms with van der Waals surface area (Å²) in [4.78, 5) is 10.8. The van der Waals surface area contributed by atoms with Gasteiger partial charge in [0.05, 0.1) is 0 Å². The van der Waals surface area contributed by atoms with Gasteiger partial charge in [-0.05, 0) is 6.42 Å². The molecule has 0 aliphatic heterocycles. The van der Waals surface area contributed by atoms with Crippen LogP contribution in [0.2, 0.25) is 0 Å². The van der Waals surface area contributed by atoms with Crippen molar-refractivity contribution in [2.75, 3.05) is 13.6 Å². The van der Waals surface area contributed by atoms with Crippen molar-refractivity contribution in [1.82, 2.24) is 10.6 Å². The normalized spacial score (nSPS) is 12.3. The van der Waals surface area contributed by atoms with Gasteiger partial charge in [-0.3, -0.25) is 0 Å². The summed E-state index contributed by atoms with van der Waals surface area (Å²) in [6.45, 7) is 2.56. The molecular formula is C7H17N3O. The first-order valence-corrected chi connectivity index (χ1v) is 3.92. The van der Waals surface area contributed by atoms with Crippen LogP contribution in [0.4, 0.5) is 4.79 Å². The lowest BCUT2D eigenvalue weighted by atomic mass is 10.2. The number of nitrogens with one attached hydrogen (secondary N) is 2. The van der Waals surface area contributed by atoms with Crippen LogP contribution in [0.3, 0.4) is 0 Å². The third kappa shape index (κ3) is 4.61. The zero-order valence-corrected chi connectivity index (χ0v) is 7.18. The van der Waals surface area contributed by atoms with Crippen LogP contribution < -0.4 is 16.4 Å². The molecule has 2 amide bonds. The summed E-state index contributed by atoms with van der Waals surface area (Å²) in [5.74, 6) is 0. The summed E-state index contributed by atoms with van der Waals surface area (Å²) in [5.41, 5.74) is 5.42. The number of carbonyl (C=O) groups is 1. The molecule has 0 aromatic heterocycles. The van der Waals surface area contributed by atoms with Crippen LogP contribution in [0.5, 0.6) is 0 Å². The zero-order chi connectivity index (χ0) is 8.69. The van der Waals surface area contributed by atoms with Crippen molar-refractivity contribution >= 4 is 6.03 Å². The van der Waals surface area contributed by atoms with E-state index >= 15 is 0 Å². The summed E-state index contributed by atoms with van der Waals surface area (Å²) in [5, 5.41) is 5.22. The molecule has 0 aromatic carbocycles. The topological polar surface area (TPSA) is 67.1 Å². The molecule has 0 aromatic rings. The first-order chi connectivity index (χ1) is 5.24. The molecule has 0 fully saturated rings. The molecule has 1 unspecified atom stereocenters. The minimum atomic E-state index is -0.158. The van der Waals surface area contributed by atoms with Crippen LogP contribution >= 0.6 is 0 Å². The molecular weight excluding hydrogens is 142 g/mol. The average Bonchev–Trinajstić information content (AvgIpc) is 2.03. The fourth-order valence-electron chi connectivity index (χ4n) is 0.855. The Bertz CT molecular complexity index is 116. The van der Waals surface area contributed by atoms with E-state index in [4.69, 9.17) is 5.73 Å². The van der Waals surface area contributed by atoms with E-state index in [1.807, 2.05) is 0 Å². The number of amides is 2. The van der Waals surface area contributed by atoms with E-state index in [-0.39, 0.29) is 12.1 Å². The van der Waals surface area contributed by atoms with Gasteiger partial charge in [0.1, 0.15) is 0 Å². The molecule has 0 saturated heterocycles. The molecule has 0 bridgehead atoms. The lowest BCUT2D eigenvalue weighted by molar-refractivity contribution is 0.238. The molecule has 0 saturated carbocycles. The van der Waals surface area contributed by atoms with Crippen molar-refractivity contribution in [3.8, 4) is 0 Å². The smallest absolute Gasteiger partial charge is 0.314 e. The fourth-order valence-corrected chi connectivity index (χ4v) is 0.855. The first kappa shape index (κ1) is 10.2. The second kappa shape index (κ2) is 5.97. The Morgan fingerprint density at radius 2 is 2.27 bits per heavy atom. The second-order valence-electron chi connectivity index (χ2n) is 2.44. The number of hydrogen-bond donors (Lipinski definition) is 3. The minimum absolute atomic E-state index is 0.111. The number of hydrogen-bond acceptors (Lipinski definition) is 2. The molecule has 0 aliphatic carbocycles. The minimum Gasteiger partial charge on any atom is -0.341 e. The van der Waals surface area contributed by atoms with Crippen molar-refractivity contribution < 1.29 is 4.79 Å². The Balaban J connectivity index is 3.58. The predicted molar refractivity (Wildman–Crippen MR) is 45.3 cm³/mol. The monoisotopic (exact) mass is 159 g/mol. The van der Waals surface area contributed by atoms with Gasteiger partial charge < -0.3 is 16.4 Å². The molecule has 0 spiro atoms. The molecule has 1 atom stereocenters. The number of carbonyl (C=O) groups excluding carboxylic acids is 1. The number of rotatable bonds is 4. The van der Waals surface area contributed by atoms with Crippen LogP contribution in [0.25, 0.3) is 0 Å². The maximum absolute atomic E-state index is 10.8. The molecule has 11 heavy (non-hydrogen) atoms. The SMILES string of the molecule is CCCC(CN)NC(=O)NC. The highest BCUT2D eigenvalue weighted by molar-refractivity contribution is 5.73. The quantitative estimate of drug-likeness (QED) is 0.542. The Morgan fingerprint density at radius 1 is 1.64 bits per heavy atom. The van der Waals surface area contributed by atoms with E-state index in [0.29, 0.717) is 6.54 Å². The largest absolute Gasteiger partial charge is 0.341 e. The van der Waals surface area contributed by atoms with Gasteiger partial charge in [-0.2, -0.15) is 0 Å². The van der Waals surface area contributed by atoms with Gasteiger partial charge in [0, 0.05) is 19.6 Å². The molecule has 0 aliphatic rings. The van der Waals surface area contributed by atoms with Crippen LogP contribution in [0.1, 0.15) is 19.8 Å². The third-order valence-corrected chi connectivity index (χ3v) is 1.48. The Kier molecular flexibility index (Phi) is 5.56. The molecule has 4 N–H and O–H groups in total. The van der Waals surface area contributed by atoms with E-state index in [1.165, 1.54) is 0 Å². The van der Waals surface area contributed by atoms with E-state index in [1.54, 1.807) is 7.05 Å². The first-order valence-electron chi connectivity index (χ1n) is 3.92. The van der Waals surface area contributed by atoms with Crippen molar-refractivity contribution in [1.29, 1.82) is 0 Å². The second-order valence-corrected chi connectivity index (χ2v) is 2.44. The van der Waals surface area contributed by atoms with Crippen molar-refractivity contribution in [2.45, 2.75) is 25.8 Å². The lowest BCUT2D eigenvalue weighted by Gasteiger charge is -2.14. The third-order valence-electron chi connectivity index (χ3n) is 1.48.